The zero-order valence-electron chi connectivity index (χ0n) is 22.0. The maximum atomic E-state index is 2.29. The van der Waals surface area contributed by atoms with Crippen LogP contribution in [0.2, 0.25) is 0 Å². The topological polar surface area (TPSA) is 0 Å². The molecule has 0 heteroatoms. The monoisotopic (exact) mass is 538 g/mol. The van der Waals surface area contributed by atoms with Gasteiger partial charge < -0.3 is 0 Å². The predicted molar refractivity (Wildman–Crippen MR) is 186 cm³/mol. The van der Waals surface area contributed by atoms with Crippen molar-refractivity contribution in [2.75, 3.05) is 0 Å². The summed E-state index contributed by atoms with van der Waals surface area (Å²) in [6.45, 7) is 0. The van der Waals surface area contributed by atoms with E-state index in [4.69, 9.17) is 0 Å². The van der Waals surface area contributed by atoms with Crippen LogP contribution in [0.5, 0.6) is 0 Å². The Kier molecular flexibility index (Phi) is 7.07. The van der Waals surface area contributed by atoms with E-state index in [9.17, 15) is 0 Å². The van der Waals surface area contributed by atoms with Gasteiger partial charge in [-0.2, -0.15) is 0 Å². The van der Waals surface area contributed by atoms with Crippen LogP contribution in [0.4, 0.5) is 0 Å². The van der Waals surface area contributed by atoms with Gasteiger partial charge in [-0.3, -0.25) is 0 Å². The fourth-order valence-electron chi connectivity index (χ4n) is 6.37. The highest BCUT2D eigenvalue weighted by Crippen LogP contribution is 2.45. The summed E-state index contributed by atoms with van der Waals surface area (Å²) in [4.78, 5) is 0. The average Bonchev–Trinajstić information content (AvgIpc) is 3.03. The highest BCUT2D eigenvalue weighted by molar-refractivity contribution is 6.23. The number of hydrogen-bond donors (Lipinski definition) is 0. The molecule has 0 saturated carbocycles. The van der Waals surface area contributed by atoms with Crippen LogP contribution in [0.1, 0.15) is 14.9 Å². The molecule has 0 radical (unpaired) electrons. The van der Waals surface area contributed by atoms with E-state index in [0.717, 1.165) is 0 Å². The standard InChI is InChI=1S/C40H26.2CH4/c1-2-12-31-26-32(25-22-27(31)10-1)28-20-23-30(24-21-28)39-35-15-5-7-17-37(35)40(38-18-8-6-16-36(38)39)34-19-9-13-29-11-3-4-14-33(29)34;;/h1-26H;2*1H4. The van der Waals surface area contributed by atoms with Gasteiger partial charge in [0.15, 0.2) is 0 Å². The first-order valence-electron chi connectivity index (χ1n) is 13.9. The van der Waals surface area contributed by atoms with E-state index in [1.807, 2.05) is 0 Å². The summed E-state index contributed by atoms with van der Waals surface area (Å²) in [5, 5.41) is 10.2. The van der Waals surface area contributed by atoms with Crippen LogP contribution in [0, 0.1) is 0 Å². The van der Waals surface area contributed by atoms with Crippen molar-refractivity contribution in [1.29, 1.82) is 0 Å². The molecule has 0 unspecified atom stereocenters. The first kappa shape index (κ1) is 27.0. The molecule has 0 spiro atoms. The van der Waals surface area contributed by atoms with Crippen LogP contribution in [0.25, 0.3) is 76.5 Å². The van der Waals surface area contributed by atoms with Gasteiger partial charge in [0.25, 0.3) is 0 Å². The lowest BCUT2D eigenvalue weighted by atomic mass is 9.84. The van der Waals surface area contributed by atoms with Gasteiger partial charge in [0.2, 0.25) is 0 Å². The molecule has 0 N–H and O–H groups in total. The summed E-state index contributed by atoms with van der Waals surface area (Å²) in [6, 6.07) is 57.5. The van der Waals surface area contributed by atoms with Crippen molar-refractivity contribution in [2.45, 2.75) is 14.9 Å². The first-order valence-corrected chi connectivity index (χ1v) is 13.9. The molecule has 0 aliphatic heterocycles. The van der Waals surface area contributed by atoms with E-state index >= 15 is 0 Å². The molecule has 0 aliphatic carbocycles. The van der Waals surface area contributed by atoms with E-state index in [1.54, 1.807) is 0 Å². The molecule has 8 rings (SSSR count). The van der Waals surface area contributed by atoms with Crippen LogP contribution in [-0.4, -0.2) is 0 Å². The number of fused-ring (bicyclic) bond motifs is 4. The molecule has 0 nitrogen and oxygen atoms in total. The third-order valence-corrected chi connectivity index (χ3v) is 8.25. The molecule has 0 heterocycles. The van der Waals surface area contributed by atoms with Crippen molar-refractivity contribution in [1.82, 2.24) is 0 Å². The largest absolute Gasteiger partial charge is 0.0776 e. The van der Waals surface area contributed by atoms with Gasteiger partial charge in [-0.25, -0.2) is 0 Å². The van der Waals surface area contributed by atoms with Gasteiger partial charge in [-0.1, -0.05) is 167 Å². The van der Waals surface area contributed by atoms with Gasteiger partial charge in [0.1, 0.15) is 0 Å². The molecule has 0 saturated heterocycles. The first-order chi connectivity index (χ1) is 19.8. The minimum Gasteiger partial charge on any atom is -0.0776 e. The zero-order valence-corrected chi connectivity index (χ0v) is 22.0. The van der Waals surface area contributed by atoms with Crippen LogP contribution in [0.3, 0.4) is 0 Å². The SMILES string of the molecule is C.C.c1ccc2cc(-c3ccc(-c4c5ccccc5c(-c5cccc6ccccc56)c5ccccc45)cc3)ccc2c1. The molecular weight excluding hydrogens is 504 g/mol. The molecule has 0 amide bonds. The minimum absolute atomic E-state index is 0. The Morgan fingerprint density at radius 1 is 0.262 bits per heavy atom. The van der Waals surface area contributed by atoms with E-state index < -0.39 is 0 Å². The summed E-state index contributed by atoms with van der Waals surface area (Å²) in [5.41, 5.74) is 7.59. The van der Waals surface area contributed by atoms with Crippen molar-refractivity contribution >= 4 is 43.1 Å². The molecular formula is C42H34. The van der Waals surface area contributed by atoms with Crippen molar-refractivity contribution in [2.24, 2.45) is 0 Å². The third-order valence-electron chi connectivity index (χ3n) is 8.25. The van der Waals surface area contributed by atoms with Crippen molar-refractivity contribution in [3.8, 4) is 33.4 Å². The normalized spacial score (nSPS) is 11.0. The Bertz CT molecular complexity index is 2140. The fraction of sp³-hybridized carbons (Fsp3) is 0.0476. The average molecular weight is 539 g/mol. The van der Waals surface area contributed by atoms with Crippen molar-refractivity contribution in [3.05, 3.63) is 158 Å². The van der Waals surface area contributed by atoms with Gasteiger partial charge in [-0.15, -0.1) is 0 Å². The fourth-order valence-corrected chi connectivity index (χ4v) is 6.37. The summed E-state index contributed by atoms with van der Waals surface area (Å²) >= 11 is 0. The summed E-state index contributed by atoms with van der Waals surface area (Å²) in [7, 11) is 0. The summed E-state index contributed by atoms with van der Waals surface area (Å²) in [5.74, 6) is 0. The van der Waals surface area contributed by atoms with E-state index in [0.29, 0.717) is 0 Å². The molecule has 0 fully saturated rings. The Labute approximate surface area is 248 Å². The highest BCUT2D eigenvalue weighted by Gasteiger charge is 2.17. The molecule has 8 aromatic rings. The van der Waals surface area contributed by atoms with Gasteiger partial charge in [0.05, 0.1) is 0 Å². The highest BCUT2D eigenvalue weighted by atomic mass is 14.2. The van der Waals surface area contributed by atoms with Crippen LogP contribution >= 0.6 is 0 Å². The van der Waals surface area contributed by atoms with Crippen LogP contribution in [-0.2, 0) is 0 Å². The zero-order chi connectivity index (χ0) is 26.5. The smallest absolute Gasteiger partial charge is 0.00201 e. The maximum absolute atomic E-state index is 2.29. The second-order valence-corrected chi connectivity index (χ2v) is 10.5. The second-order valence-electron chi connectivity index (χ2n) is 10.5. The maximum Gasteiger partial charge on any atom is -0.00201 e. The van der Waals surface area contributed by atoms with Crippen molar-refractivity contribution in [3.63, 3.8) is 0 Å². The van der Waals surface area contributed by atoms with Crippen LogP contribution < -0.4 is 0 Å². The lowest BCUT2D eigenvalue weighted by molar-refractivity contribution is 1.63. The molecule has 0 aromatic heterocycles. The van der Waals surface area contributed by atoms with Gasteiger partial charge in [-0.05, 0) is 82.5 Å². The second kappa shape index (κ2) is 11.0. The Balaban J connectivity index is 0.00000158. The molecule has 0 aliphatic rings. The lowest BCUT2D eigenvalue weighted by Gasteiger charge is -2.19. The quantitative estimate of drug-likeness (QED) is 0.196. The van der Waals surface area contributed by atoms with E-state index in [-0.39, 0.29) is 14.9 Å². The van der Waals surface area contributed by atoms with Gasteiger partial charge in [0, 0.05) is 0 Å². The summed E-state index contributed by atoms with van der Waals surface area (Å²) in [6.07, 6.45) is 0. The molecule has 0 bridgehead atoms. The Morgan fingerprint density at radius 2 is 0.714 bits per heavy atom. The predicted octanol–water partition coefficient (Wildman–Crippen LogP) is 12.6. The third kappa shape index (κ3) is 4.33. The molecule has 202 valence electrons. The minimum atomic E-state index is 0. The number of rotatable bonds is 3. The summed E-state index contributed by atoms with van der Waals surface area (Å²) < 4.78 is 0. The number of benzene rings is 8. The molecule has 0 atom stereocenters. The lowest BCUT2D eigenvalue weighted by Crippen LogP contribution is -1.91. The van der Waals surface area contributed by atoms with E-state index in [1.165, 1.54) is 76.5 Å². The number of hydrogen-bond acceptors (Lipinski definition) is 0. The van der Waals surface area contributed by atoms with Crippen molar-refractivity contribution < 1.29 is 0 Å². The van der Waals surface area contributed by atoms with E-state index in [2.05, 4.69) is 158 Å². The molecule has 8 aromatic carbocycles. The van der Waals surface area contributed by atoms with Gasteiger partial charge >= 0.3 is 0 Å². The Hall–Kier alpha value is -5.20. The molecule has 42 heavy (non-hydrogen) atoms. The van der Waals surface area contributed by atoms with Crippen LogP contribution in [0.15, 0.2) is 158 Å². The Morgan fingerprint density at radius 3 is 1.36 bits per heavy atom.